The average molecular weight is 364 g/mol. The summed E-state index contributed by atoms with van der Waals surface area (Å²) in [5, 5.41) is 0. The van der Waals surface area contributed by atoms with Crippen LogP contribution >= 0.6 is 0 Å². The predicted octanol–water partition coefficient (Wildman–Crippen LogP) is 5.07. The number of ether oxygens (including phenoxy) is 1. The molecule has 7 heteroatoms. The lowest BCUT2D eigenvalue weighted by Crippen LogP contribution is -2.07. The van der Waals surface area contributed by atoms with Gasteiger partial charge < -0.3 is 9.30 Å². The van der Waals surface area contributed by atoms with E-state index < -0.39 is 17.6 Å². The molecule has 0 saturated heterocycles. The Morgan fingerprint density at radius 2 is 1.77 bits per heavy atom. The van der Waals surface area contributed by atoms with Gasteiger partial charge in [0.15, 0.2) is 0 Å². The molecule has 0 fully saturated rings. The first kappa shape index (κ1) is 18.0. The Morgan fingerprint density at radius 1 is 1.08 bits per heavy atom. The number of aromatic nitrogens is 2. The van der Waals surface area contributed by atoms with Crippen molar-refractivity contribution in [2.45, 2.75) is 19.6 Å². The summed E-state index contributed by atoms with van der Waals surface area (Å²) in [7, 11) is 1.49. The Balaban J connectivity index is 1.99. The molecule has 0 atom stereocenters. The first-order valence-electron chi connectivity index (χ1n) is 7.82. The van der Waals surface area contributed by atoms with Crippen LogP contribution in [0.2, 0.25) is 0 Å². The van der Waals surface area contributed by atoms with Crippen LogP contribution < -0.4 is 4.74 Å². The van der Waals surface area contributed by atoms with Crippen molar-refractivity contribution in [2.24, 2.45) is 0 Å². The predicted molar refractivity (Wildman–Crippen MR) is 89.5 cm³/mol. The fraction of sp³-hybridized carbons (Fsp3) is 0.211. The lowest BCUT2D eigenvalue weighted by atomic mass is 10.1. The normalized spacial score (nSPS) is 11.6. The molecule has 1 aromatic heterocycles. The summed E-state index contributed by atoms with van der Waals surface area (Å²) in [5.74, 6) is 0.634. The molecular weight excluding hydrogens is 348 g/mol. The first-order valence-corrected chi connectivity index (χ1v) is 7.82. The van der Waals surface area contributed by atoms with Crippen LogP contribution in [0, 0.1) is 12.7 Å². The number of halogens is 4. The van der Waals surface area contributed by atoms with Crippen LogP contribution in [0.4, 0.5) is 17.6 Å². The van der Waals surface area contributed by atoms with Crippen LogP contribution in [0.1, 0.15) is 16.8 Å². The minimum Gasteiger partial charge on any atom is -0.496 e. The monoisotopic (exact) mass is 364 g/mol. The molecule has 3 aromatic rings. The molecule has 0 N–H and O–H groups in total. The largest absolute Gasteiger partial charge is 0.496 e. The second kappa shape index (κ2) is 6.82. The SMILES string of the molecule is COc1ccc(F)cc1Cn1c(C)cnc1-c1ccc(C(F)(F)F)cc1. The molecule has 0 aliphatic rings. The van der Waals surface area contributed by atoms with E-state index in [1.54, 1.807) is 10.8 Å². The van der Waals surface area contributed by atoms with Gasteiger partial charge in [0.1, 0.15) is 17.4 Å². The van der Waals surface area contributed by atoms with E-state index in [1.807, 2.05) is 6.92 Å². The van der Waals surface area contributed by atoms with E-state index in [-0.39, 0.29) is 6.54 Å². The van der Waals surface area contributed by atoms with E-state index in [0.29, 0.717) is 22.7 Å². The fourth-order valence-electron chi connectivity index (χ4n) is 2.74. The Hall–Kier alpha value is -2.83. The molecule has 0 amide bonds. The molecule has 0 aliphatic heterocycles. The number of hydrogen-bond donors (Lipinski definition) is 0. The quantitative estimate of drug-likeness (QED) is 0.604. The highest BCUT2D eigenvalue weighted by molar-refractivity contribution is 5.57. The summed E-state index contributed by atoms with van der Waals surface area (Å²) in [5.41, 5.74) is 1.23. The van der Waals surface area contributed by atoms with Crippen LogP contribution in [-0.4, -0.2) is 16.7 Å². The van der Waals surface area contributed by atoms with Gasteiger partial charge in [-0.3, -0.25) is 0 Å². The Kier molecular flexibility index (Phi) is 4.71. The number of imidazole rings is 1. The topological polar surface area (TPSA) is 27.1 Å². The second-order valence-corrected chi connectivity index (χ2v) is 5.84. The summed E-state index contributed by atoms with van der Waals surface area (Å²) in [6.45, 7) is 2.11. The van der Waals surface area contributed by atoms with E-state index in [2.05, 4.69) is 4.98 Å². The summed E-state index contributed by atoms with van der Waals surface area (Å²) in [6.07, 6.45) is -2.77. The molecule has 0 radical (unpaired) electrons. The molecule has 136 valence electrons. The van der Waals surface area contributed by atoms with Crippen LogP contribution in [0.15, 0.2) is 48.7 Å². The molecule has 1 heterocycles. The maximum atomic E-state index is 13.6. The highest BCUT2D eigenvalue weighted by atomic mass is 19.4. The van der Waals surface area contributed by atoms with Crippen molar-refractivity contribution < 1.29 is 22.3 Å². The molecule has 26 heavy (non-hydrogen) atoms. The minimum atomic E-state index is -4.39. The van der Waals surface area contributed by atoms with Crippen LogP contribution in [0.3, 0.4) is 0 Å². The van der Waals surface area contributed by atoms with Gasteiger partial charge in [0, 0.05) is 23.0 Å². The van der Waals surface area contributed by atoms with Crippen molar-refractivity contribution in [3.63, 3.8) is 0 Å². The van der Waals surface area contributed by atoms with Crippen LogP contribution in [0.25, 0.3) is 11.4 Å². The highest BCUT2D eigenvalue weighted by Gasteiger charge is 2.30. The zero-order valence-corrected chi connectivity index (χ0v) is 14.1. The smallest absolute Gasteiger partial charge is 0.416 e. The third kappa shape index (κ3) is 3.56. The summed E-state index contributed by atoms with van der Waals surface area (Å²) in [6, 6.07) is 9.01. The fourth-order valence-corrected chi connectivity index (χ4v) is 2.74. The van der Waals surface area contributed by atoms with Crippen molar-refractivity contribution in [2.75, 3.05) is 7.11 Å². The number of nitrogens with zero attached hydrogens (tertiary/aromatic N) is 2. The maximum absolute atomic E-state index is 13.6. The van der Waals surface area contributed by atoms with Gasteiger partial charge in [-0.2, -0.15) is 13.2 Å². The molecule has 3 nitrogen and oxygen atoms in total. The first-order chi connectivity index (χ1) is 12.3. The maximum Gasteiger partial charge on any atom is 0.416 e. The number of benzene rings is 2. The summed E-state index contributed by atoms with van der Waals surface area (Å²) in [4.78, 5) is 4.30. The number of aryl methyl sites for hydroxylation is 1. The van der Waals surface area contributed by atoms with Gasteiger partial charge in [-0.05, 0) is 37.3 Å². The van der Waals surface area contributed by atoms with E-state index in [0.717, 1.165) is 17.8 Å². The van der Waals surface area contributed by atoms with Gasteiger partial charge in [0.05, 0.1) is 19.2 Å². The van der Waals surface area contributed by atoms with Crippen LogP contribution in [-0.2, 0) is 12.7 Å². The van der Waals surface area contributed by atoms with E-state index >= 15 is 0 Å². The van der Waals surface area contributed by atoms with Gasteiger partial charge in [-0.1, -0.05) is 12.1 Å². The third-order valence-corrected chi connectivity index (χ3v) is 4.10. The molecule has 2 aromatic carbocycles. The second-order valence-electron chi connectivity index (χ2n) is 5.84. The molecule has 0 aliphatic carbocycles. The van der Waals surface area contributed by atoms with Gasteiger partial charge >= 0.3 is 6.18 Å². The molecule has 0 saturated carbocycles. The lowest BCUT2D eigenvalue weighted by Gasteiger charge is -2.14. The van der Waals surface area contributed by atoms with Crippen molar-refractivity contribution in [1.29, 1.82) is 0 Å². The minimum absolute atomic E-state index is 0.281. The number of hydrogen-bond acceptors (Lipinski definition) is 2. The molecule has 0 bridgehead atoms. The van der Waals surface area contributed by atoms with E-state index in [9.17, 15) is 17.6 Å². The van der Waals surface area contributed by atoms with E-state index in [1.165, 1.54) is 37.4 Å². The van der Waals surface area contributed by atoms with Crippen molar-refractivity contribution in [3.05, 3.63) is 71.3 Å². The van der Waals surface area contributed by atoms with E-state index in [4.69, 9.17) is 4.74 Å². The standard InChI is InChI=1S/C19H16F4N2O/c1-12-10-24-18(13-3-5-15(6-4-13)19(21,22)23)25(12)11-14-9-16(20)7-8-17(14)26-2/h3-10H,11H2,1-2H3. The van der Waals surface area contributed by atoms with Crippen molar-refractivity contribution >= 4 is 0 Å². The zero-order chi connectivity index (χ0) is 18.9. The van der Waals surface area contributed by atoms with Gasteiger partial charge in [0.25, 0.3) is 0 Å². The average Bonchev–Trinajstić information content (AvgIpc) is 2.95. The van der Waals surface area contributed by atoms with Crippen LogP contribution in [0.5, 0.6) is 5.75 Å². The van der Waals surface area contributed by atoms with Gasteiger partial charge in [0.2, 0.25) is 0 Å². The van der Waals surface area contributed by atoms with Gasteiger partial charge in [-0.25, -0.2) is 9.37 Å². The highest BCUT2D eigenvalue weighted by Crippen LogP contribution is 2.31. The van der Waals surface area contributed by atoms with Gasteiger partial charge in [-0.15, -0.1) is 0 Å². The number of methoxy groups -OCH3 is 1. The number of alkyl halides is 3. The van der Waals surface area contributed by atoms with Crippen molar-refractivity contribution in [3.8, 4) is 17.1 Å². The molecule has 3 rings (SSSR count). The number of rotatable bonds is 4. The Morgan fingerprint density at radius 3 is 2.38 bits per heavy atom. The molecular formula is C19H16F4N2O. The third-order valence-electron chi connectivity index (χ3n) is 4.10. The Bertz CT molecular complexity index is 914. The summed E-state index contributed by atoms with van der Waals surface area (Å²) < 4.78 is 58.9. The molecule has 0 unspecified atom stereocenters. The Labute approximate surface area is 147 Å². The molecule has 0 spiro atoms. The summed E-state index contributed by atoms with van der Waals surface area (Å²) >= 11 is 0. The zero-order valence-electron chi connectivity index (χ0n) is 14.1. The van der Waals surface area contributed by atoms with Crippen molar-refractivity contribution in [1.82, 2.24) is 9.55 Å². The lowest BCUT2D eigenvalue weighted by molar-refractivity contribution is -0.137.